The van der Waals surface area contributed by atoms with Gasteiger partial charge in [-0.25, -0.2) is 4.98 Å². The number of ether oxygens (including phenoxy) is 1. The molecule has 1 aromatic carbocycles. The van der Waals surface area contributed by atoms with Gasteiger partial charge in [-0.2, -0.15) is 0 Å². The first kappa shape index (κ1) is 14.4. The zero-order chi connectivity index (χ0) is 14.7. The zero-order valence-electron chi connectivity index (χ0n) is 13.1. The highest BCUT2D eigenvalue weighted by Crippen LogP contribution is 2.30. The van der Waals surface area contributed by atoms with Crippen LogP contribution < -0.4 is 10.1 Å². The number of hydrogen-bond acceptors (Lipinski definition) is 3. The van der Waals surface area contributed by atoms with Crippen LogP contribution in [0, 0.1) is 0 Å². The number of piperidine rings is 1. The van der Waals surface area contributed by atoms with Crippen LogP contribution in [0.1, 0.15) is 44.9 Å². The van der Waals surface area contributed by atoms with E-state index in [1.807, 2.05) is 6.92 Å². The predicted molar refractivity (Wildman–Crippen MR) is 86.0 cm³/mol. The normalized spacial score (nSPS) is 16.5. The van der Waals surface area contributed by atoms with E-state index in [1.165, 1.54) is 24.2 Å². The van der Waals surface area contributed by atoms with Crippen molar-refractivity contribution in [3.63, 3.8) is 0 Å². The third-order valence-corrected chi connectivity index (χ3v) is 4.21. The van der Waals surface area contributed by atoms with E-state index in [9.17, 15) is 0 Å². The van der Waals surface area contributed by atoms with Crippen LogP contribution in [0.5, 0.6) is 5.75 Å². The van der Waals surface area contributed by atoms with Crippen molar-refractivity contribution in [1.82, 2.24) is 14.9 Å². The van der Waals surface area contributed by atoms with Gasteiger partial charge in [-0.05, 0) is 51.4 Å². The summed E-state index contributed by atoms with van der Waals surface area (Å²) >= 11 is 0. The fourth-order valence-electron chi connectivity index (χ4n) is 3.24. The van der Waals surface area contributed by atoms with Crippen LogP contribution in [-0.2, 0) is 6.54 Å². The summed E-state index contributed by atoms with van der Waals surface area (Å²) in [6.07, 6.45) is 3.51. The Balaban J connectivity index is 2.02. The molecule has 2 aromatic rings. The number of nitrogens with one attached hydrogen (secondary N) is 1. The molecule has 0 amide bonds. The van der Waals surface area contributed by atoms with E-state index in [2.05, 4.69) is 35.0 Å². The smallest absolute Gasteiger partial charge is 0.121 e. The first-order valence-corrected chi connectivity index (χ1v) is 8.17. The summed E-state index contributed by atoms with van der Waals surface area (Å²) in [5.74, 6) is 2.77. The highest BCUT2D eigenvalue weighted by atomic mass is 16.5. The van der Waals surface area contributed by atoms with Crippen LogP contribution in [0.15, 0.2) is 18.2 Å². The summed E-state index contributed by atoms with van der Waals surface area (Å²) in [7, 11) is 0. The SMILES string of the molecule is CCCn1c(C2CCNCC2)nc2cc(OCC)ccc21. The minimum absolute atomic E-state index is 0.584. The Labute approximate surface area is 126 Å². The lowest BCUT2D eigenvalue weighted by Crippen LogP contribution is -2.28. The molecule has 1 aliphatic heterocycles. The van der Waals surface area contributed by atoms with Crippen LogP contribution in [0.3, 0.4) is 0 Å². The summed E-state index contributed by atoms with van der Waals surface area (Å²) in [5, 5.41) is 3.44. The molecular formula is C17H25N3O. The molecular weight excluding hydrogens is 262 g/mol. The van der Waals surface area contributed by atoms with Gasteiger partial charge in [0.1, 0.15) is 11.6 Å². The Morgan fingerprint density at radius 1 is 1.29 bits per heavy atom. The molecule has 0 unspecified atom stereocenters. The van der Waals surface area contributed by atoms with E-state index in [0.717, 1.165) is 37.3 Å². The minimum Gasteiger partial charge on any atom is -0.494 e. The monoisotopic (exact) mass is 287 g/mol. The Bertz CT molecular complexity index is 599. The molecule has 2 heterocycles. The third kappa shape index (κ3) is 2.91. The van der Waals surface area contributed by atoms with E-state index in [4.69, 9.17) is 9.72 Å². The van der Waals surface area contributed by atoms with Gasteiger partial charge >= 0.3 is 0 Å². The van der Waals surface area contributed by atoms with E-state index >= 15 is 0 Å². The quantitative estimate of drug-likeness (QED) is 0.917. The molecule has 1 aromatic heterocycles. The molecule has 3 rings (SSSR count). The van der Waals surface area contributed by atoms with Gasteiger partial charge in [-0.15, -0.1) is 0 Å². The Kier molecular flexibility index (Phi) is 4.44. The molecule has 114 valence electrons. The summed E-state index contributed by atoms with van der Waals surface area (Å²) in [6, 6.07) is 6.30. The Morgan fingerprint density at radius 3 is 2.81 bits per heavy atom. The second-order valence-corrected chi connectivity index (χ2v) is 5.73. The zero-order valence-corrected chi connectivity index (χ0v) is 13.1. The highest BCUT2D eigenvalue weighted by molar-refractivity contribution is 5.78. The molecule has 1 aliphatic rings. The van der Waals surface area contributed by atoms with E-state index in [-0.39, 0.29) is 0 Å². The molecule has 1 saturated heterocycles. The van der Waals surface area contributed by atoms with Crippen molar-refractivity contribution in [2.24, 2.45) is 0 Å². The number of aromatic nitrogens is 2. The fourth-order valence-corrected chi connectivity index (χ4v) is 3.24. The van der Waals surface area contributed by atoms with Gasteiger partial charge < -0.3 is 14.6 Å². The summed E-state index contributed by atoms with van der Waals surface area (Å²) < 4.78 is 8.03. The molecule has 0 saturated carbocycles. The molecule has 21 heavy (non-hydrogen) atoms. The van der Waals surface area contributed by atoms with Crippen LogP contribution in [0.25, 0.3) is 11.0 Å². The lowest BCUT2D eigenvalue weighted by Gasteiger charge is -2.23. The van der Waals surface area contributed by atoms with Crippen molar-refractivity contribution in [2.75, 3.05) is 19.7 Å². The maximum Gasteiger partial charge on any atom is 0.121 e. The van der Waals surface area contributed by atoms with Crippen LogP contribution >= 0.6 is 0 Å². The lowest BCUT2D eigenvalue weighted by molar-refractivity contribution is 0.340. The summed E-state index contributed by atoms with van der Waals surface area (Å²) in [6.45, 7) is 8.19. The first-order chi connectivity index (χ1) is 10.3. The van der Waals surface area contributed by atoms with Gasteiger partial charge in [0, 0.05) is 18.5 Å². The van der Waals surface area contributed by atoms with Crippen LogP contribution in [0.4, 0.5) is 0 Å². The molecule has 0 atom stereocenters. The molecule has 0 spiro atoms. The van der Waals surface area contributed by atoms with Gasteiger partial charge in [0.15, 0.2) is 0 Å². The van der Waals surface area contributed by atoms with Gasteiger partial charge in [-0.3, -0.25) is 0 Å². The number of rotatable bonds is 5. The number of imidazole rings is 1. The average molecular weight is 287 g/mol. The molecule has 4 nitrogen and oxygen atoms in total. The topological polar surface area (TPSA) is 39.1 Å². The lowest BCUT2D eigenvalue weighted by atomic mass is 9.97. The van der Waals surface area contributed by atoms with E-state index in [0.29, 0.717) is 12.5 Å². The average Bonchev–Trinajstić information content (AvgIpc) is 2.87. The van der Waals surface area contributed by atoms with Crippen molar-refractivity contribution < 1.29 is 4.74 Å². The van der Waals surface area contributed by atoms with E-state index in [1.54, 1.807) is 0 Å². The molecule has 0 aliphatic carbocycles. The number of aryl methyl sites for hydroxylation is 1. The second-order valence-electron chi connectivity index (χ2n) is 5.73. The Morgan fingerprint density at radius 2 is 2.10 bits per heavy atom. The van der Waals surface area contributed by atoms with Gasteiger partial charge in [0.25, 0.3) is 0 Å². The molecule has 0 bridgehead atoms. The fraction of sp³-hybridized carbons (Fsp3) is 0.588. The van der Waals surface area contributed by atoms with E-state index < -0.39 is 0 Å². The summed E-state index contributed by atoms with van der Waals surface area (Å²) in [4.78, 5) is 4.95. The maximum absolute atomic E-state index is 5.61. The predicted octanol–water partition coefficient (Wildman–Crippen LogP) is 3.31. The first-order valence-electron chi connectivity index (χ1n) is 8.17. The van der Waals surface area contributed by atoms with Crippen LogP contribution in [0.2, 0.25) is 0 Å². The number of nitrogens with zero attached hydrogens (tertiary/aromatic N) is 2. The van der Waals surface area contributed by atoms with Gasteiger partial charge in [0.2, 0.25) is 0 Å². The molecule has 1 N–H and O–H groups in total. The minimum atomic E-state index is 0.584. The molecule has 1 fully saturated rings. The molecule has 4 heteroatoms. The Hall–Kier alpha value is -1.55. The number of benzene rings is 1. The van der Waals surface area contributed by atoms with Crippen molar-refractivity contribution >= 4 is 11.0 Å². The van der Waals surface area contributed by atoms with Crippen molar-refractivity contribution in [3.8, 4) is 5.75 Å². The van der Waals surface area contributed by atoms with Crippen LogP contribution in [-0.4, -0.2) is 29.2 Å². The highest BCUT2D eigenvalue weighted by Gasteiger charge is 2.22. The maximum atomic E-state index is 5.61. The van der Waals surface area contributed by atoms with Gasteiger partial charge in [0.05, 0.1) is 17.6 Å². The molecule has 0 radical (unpaired) electrons. The standard InChI is InChI=1S/C17H25N3O/c1-3-11-20-16-6-5-14(21-4-2)12-15(16)19-17(20)13-7-9-18-10-8-13/h5-6,12-13,18H,3-4,7-11H2,1-2H3. The summed E-state index contributed by atoms with van der Waals surface area (Å²) in [5.41, 5.74) is 2.32. The number of fused-ring (bicyclic) bond motifs is 1. The van der Waals surface area contributed by atoms with Crippen molar-refractivity contribution in [2.45, 2.75) is 45.6 Å². The second kappa shape index (κ2) is 6.48. The van der Waals surface area contributed by atoms with Crippen molar-refractivity contribution in [3.05, 3.63) is 24.0 Å². The number of hydrogen-bond donors (Lipinski definition) is 1. The van der Waals surface area contributed by atoms with Gasteiger partial charge in [-0.1, -0.05) is 6.92 Å². The largest absolute Gasteiger partial charge is 0.494 e. The third-order valence-electron chi connectivity index (χ3n) is 4.21. The van der Waals surface area contributed by atoms with Crippen molar-refractivity contribution in [1.29, 1.82) is 0 Å².